The standard InChI is InChI=1S/C18H18N6O2S2/c1-2-24-17(20-14-6-4-9-19-18(14)24)12-8-10-23(11-12)28(25,26)15-7-3-5-13-16(15)22-27-21-13/h3-7,9,12H,2,8,10-11H2,1H3. The first kappa shape index (κ1) is 17.7. The largest absolute Gasteiger partial charge is 0.313 e. The van der Waals surface area contributed by atoms with Gasteiger partial charge in [0.15, 0.2) is 5.65 Å². The molecule has 3 aromatic heterocycles. The normalized spacial score (nSPS) is 18.4. The Morgan fingerprint density at radius 3 is 2.89 bits per heavy atom. The topological polar surface area (TPSA) is 93.9 Å². The molecule has 0 spiro atoms. The second-order valence-electron chi connectivity index (χ2n) is 6.80. The molecule has 4 heterocycles. The summed E-state index contributed by atoms with van der Waals surface area (Å²) >= 11 is 1.03. The van der Waals surface area contributed by atoms with Crippen LogP contribution < -0.4 is 0 Å². The summed E-state index contributed by atoms with van der Waals surface area (Å²) in [5, 5.41) is 0. The first-order valence-electron chi connectivity index (χ1n) is 9.12. The van der Waals surface area contributed by atoms with Crippen LogP contribution in [0.1, 0.15) is 25.1 Å². The maximum Gasteiger partial charge on any atom is 0.245 e. The van der Waals surface area contributed by atoms with E-state index in [0.717, 1.165) is 41.7 Å². The smallest absolute Gasteiger partial charge is 0.245 e. The number of fused-ring (bicyclic) bond motifs is 2. The zero-order valence-corrected chi connectivity index (χ0v) is 16.8. The molecule has 144 valence electrons. The first-order chi connectivity index (χ1) is 13.6. The molecule has 28 heavy (non-hydrogen) atoms. The van der Waals surface area contributed by atoms with Gasteiger partial charge in [0.2, 0.25) is 10.0 Å². The number of aryl methyl sites for hydroxylation is 1. The first-order valence-corrected chi connectivity index (χ1v) is 11.3. The van der Waals surface area contributed by atoms with Gasteiger partial charge in [-0.15, -0.1) is 0 Å². The van der Waals surface area contributed by atoms with Gasteiger partial charge in [0.05, 0.1) is 11.7 Å². The number of pyridine rings is 1. The van der Waals surface area contributed by atoms with Crippen molar-refractivity contribution in [3.63, 3.8) is 0 Å². The average molecular weight is 415 g/mol. The molecule has 0 amide bonds. The minimum absolute atomic E-state index is 0.0386. The maximum atomic E-state index is 13.3. The van der Waals surface area contributed by atoms with E-state index in [1.807, 2.05) is 12.1 Å². The van der Waals surface area contributed by atoms with E-state index >= 15 is 0 Å². The van der Waals surface area contributed by atoms with E-state index in [0.29, 0.717) is 24.1 Å². The molecule has 5 rings (SSSR count). The highest BCUT2D eigenvalue weighted by Gasteiger charge is 2.36. The van der Waals surface area contributed by atoms with E-state index in [1.165, 1.54) is 0 Å². The highest BCUT2D eigenvalue weighted by molar-refractivity contribution is 7.89. The van der Waals surface area contributed by atoms with E-state index in [1.54, 1.807) is 28.7 Å². The Morgan fingerprint density at radius 1 is 1.18 bits per heavy atom. The number of rotatable bonds is 4. The van der Waals surface area contributed by atoms with Gasteiger partial charge in [0.25, 0.3) is 0 Å². The van der Waals surface area contributed by atoms with Crippen LogP contribution >= 0.6 is 11.7 Å². The number of imidazole rings is 1. The van der Waals surface area contributed by atoms with Crippen LogP contribution in [-0.2, 0) is 16.6 Å². The van der Waals surface area contributed by atoms with Crippen LogP contribution in [0.25, 0.3) is 22.2 Å². The van der Waals surface area contributed by atoms with Crippen molar-refractivity contribution in [3.05, 3.63) is 42.4 Å². The van der Waals surface area contributed by atoms with Crippen molar-refractivity contribution in [1.82, 2.24) is 27.6 Å². The fourth-order valence-corrected chi connectivity index (χ4v) is 6.14. The van der Waals surface area contributed by atoms with Crippen LogP contribution in [0.15, 0.2) is 41.4 Å². The summed E-state index contributed by atoms with van der Waals surface area (Å²) in [6, 6.07) is 8.91. The zero-order chi connectivity index (χ0) is 19.3. The minimum atomic E-state index is -3.64. The summed E-state index contributed by atoms with van der Waals surface area (Å²) in [6.07, 6.45) is 2.49. The van der Waals surface area contributed by atoms with Gasteiger partial charge in [0.1, 0.15) is 27.3 Å². The third-order valence-electron chi connectivity index (χ3n) is 5.23. The van der Waals surface area contributed by atoms with Gasteiger partial charge < -0.3 is 4.57 Å². The molecule has 8 nitrogen and oxygen atoms in total. The van der Waals surface area contributed by atoms with Crippen LogP contribution in [0.5, 0.6) is 0 Å². The fraction of sp³-hybridized carbons (Fsp3) is 0.333. The Bertz CT molecular complexity index is 1280. The summed E-state index contributed by atoms with van der Waals surface area (Å²) in [7, 11) is -3.64. The number of benzene rings is 1. The lowest BCUT2D eigenvalue weighted by molar-refractivity contribution is 0.470. The van der Waals surface area contributed by atoms with Gasteiger partial charge in [-0.05, 0) is 37.6 Å². The third kappa shape index (κ3) is 2.63. The Morgan fingerprint density at radius 2 is 2.04 bits per heavy atom. The van der Waals surface area contributed by atoms with E-state index in [2.05, 4.69) is 25.2 Å². The Hall–Kier alpha value is -2.43. The number of nitrogens with zero attached hydrogens (tertiary/aromatic N) is 6. The molecule has 4 aromatic rings. The highest BCUT2D eigenvalue weighted by atomic mass is 32.2. The molecule has 0 N–H and O–H groups in total. The molecule has 0 radical (unpaired) electrons. The molecule has 1 aromatic carbocycles. The molecule has 1 saturated heterocycles. The fourth-order valence-electron chi connectivity index (χ4n) is 3.89. The molecule has 1 fully saturated rings. The molecular formula is C18H18N6O2S2. The summed E-state index contributed by atoms with van der Waals surface area (Å²) in [4.78, 5) is 9.42. The second kappa shape index (κ2) is 6.57. The summed E-state index contributed by atoms with van der Waals surface area (Å²) in [6.45, 7) is 3.66. The number of hydrogen-bond acceptors (Lipinski definition) is 7. The van der Waals surface area contributed by atoms with Crippen LogP contribution in [0.4, 0.5) is 0 Å². The molecule has 1 unspecified atom stereocenters. The van der Waals surface area contributed by atoms with Gasteiger partial charge in [0, 0.05) is 31.7 Å². The molecule has 0 saturated carbocycles. The Balaban J connectivity index is 1.50. The molecule has 0 aliphatic carbocycles. The van der Waals surface area contributed by atoms with Crippen molar-refractivity contribution in [1.29, 1.82) is 0 Å². The maximum absolute atomic E-state index is 13.3. The van der Waals surface area contributed by atoms with E-state index < -0.39 is 10.0 Å². The predicted molar refractivity (Wildman–Crippen MR) is 107 cm³/mol. The van der Waals surface area contributed by atoms with Crippen molar-refractivity contribution in [3.8, 4) is 0 Å². The number of hydrogen-bond donors (Lipinski definition) is 0. The summed E-state index contributed by atoms with van der Waals surface area (Å²) < 4.78 is 38.5. The van der Waals surface area contributed by atoms with E-state index in [-0.39, 0.29) is 10.8 Å². The molecule has 10 heteroatoms. The third-order valence-corrected chi connectivity index (χ3v) is 7.67. The lowest BCUT2D eigenvalue weighted by Crippen LogP contribution is -2.29. The molecule has 1 atom stereocenters. The van der Waals surface area contributed by atoms with Gasteiger partial charge in [-0.3, -0.25) is 0 Å². The van der Waals surface area contributed by atoms with Gasteiger partial charge in [-0.1, -0.05) is 6.07 Å². The lowest BCUT2D eigenvalue weighted by Gasteiger charge is -2.17. The Labute approximate surface area is 166 Å². The van der Waals surface area contributed by atoms with Crippen molar-refractivity contribution < 1.29 is 8.42 Å². The zero-order valence-electron chi connectivity index (χ0n) is 15.2. The quantitative estimate of drug-likeness (QED) is 0.510. The predicted octanol–water partition coefficient (Wildman–Crippen LogP) is 2.63. The molecule has 0 bridgehead atoms. The minimum Gasteiger partial charge on any atom is -0.313 e. The van der Waals surface area contributed by atoms with Gasteiger partial charge in [-0.2, -0.15) is 13.1 Å². The number of aromatic nitrogens is 5. The second-order valence-corrected chi connectivity index (χ2v) is 9.23. The van der Waals surface area contributed by atoms with Crippen LogP contribution in [0, 0.1) is 0 Å². The SMILES string of the molecule is CCn1c(C2CCN(S(=O)(=O)c3cccc4nsnc34)C2)nc2cccnc21. The van der Waals surface area contributed by atoms with E-state index in [4.69, 9.17) is 4.98 Å². The van der Waals surface area contributed by atoms with Crippen molar-refractivity contribution in [2.24, 2.45) is 0 Å². The summed E-state index contributed by atoms with van der Waals surface area (Å²) in [5.41, 5.74) is 2.75. The number of sulfonamides is 1. The lowest BCUT2D eigenvalue weighted by atomic mass is 10.1. The monoisotopic (exact) mass is 414 g/mol. The van der Waals surface area contributed by atoms with Crippen molar-refractivity contribution in [2.45, 2.75) is 30.7 Å². The molecule has 1 aliphatic heterocycles. The van der Waals surface area contributed by atoms with Crippen molar-refractivity contribution in [2.75, 3.05) is 13.1 Å². The molecular weight excluding hydrogens is 396 g/mol. The highest BCUT2D eigenvalue weighted by Crippen LogP contribution is 2.33. The average Bonchev–Trinajstić information content (AvgIpc) is 3.44. The summed E-state index contributed by atoms with van der Waals surface area (Å²) in [5.74, 6) is 0.944. The van der Waals surface area contributed by atoms with Gasteiger partial charge >= 0.3 is 0 Å². The van der Waals surface area contributed by atoms with Gasteiger partial charge in [-0.25, -0.2) is 18.4 Å². The van der Waals surface area contributed by atoms with E-state index in [9.17, 15) is 8.42 Å². The van der Waals surface area contributed by atoms with Crippen molar-refractivity contribution >= 4 is 43.9 Å². The molecule has 1 aliphatic rings. The Kier molecular flexibility index (Phi) is 4.14. The van der Waals surface area contributed by atoms with Crippen LogP contribution in [0.3, 0.4) is 0 Å². The van der Waals surface area contributed by atoms with Crippen LogP contribution in [-0.4, -0.2) is 49.1 Å². The van der Waals surface area contributed by atoms with Crippen LogP contribution in [0.2, 0.25) is 0 Å².